The van der Waals surface area contributed by atoms with Crippen molar-refractivity contribution in [3.8, 4) is 0 Å². The van der Waals surface area contributed by atoms with E-state index in [9.17, 15) is 9.90 Å². The molecule has 6 nitrogen and oxygen atoms in total. The van der Waals surface area contributed by atoms with Gasteiger partial charge >= 0.3 is 6.09 Å². The number of hydrogen-bond acceptors (Lipinski definition) is 5. The lowest BCUT2D eigenvalue weighted by Crippen LogP contribution is -2.55. The molecule has 7 heteroatoms. The second-order valence-corrected chi connectivity index (χ2v) is 11.0. The van der Waals surface area contributed by atoms with Gasteiger partial charge in [0.2, 0.25) is 0 Å². The molecule has 0 aromatic rings. The van der Waals surface area contributed by atoms with E-state index in [1.54, 1.807) is 6.92 Å². The van der Waals surface area contributed by atoms with E-state index >= 15 is 0 Å². The van der Waals surface area contributed by atoms with E-state index in [2.05, 4.69) is 27.7 Å². The molecule has 0 aromatic heterocycles. The zero-order chi connectivity index (χ0) is 16.2. The third-order valence-electron chi connectivity index (χ3n) is 4.52. The average molecular weight is 319 g/mol. The van der Waals surface area contributed by atoms with E-state index in [0.717, 1.165) is 12.1 Å². The Balaban J connectivity index is 2.95. The van der Waals surface area contributed by atoms with Crippen molar-refractivity contribution in [2.24, 2.45) is 5.73 Å². The van der Waals surface area contributed by atoms with Crippen molar-refractivity contribution in [3.05, 3.63) is 0 Å². The molecule has 124 valence electrons. The lowest BCUT2D eigenvalue weighted by molar-refractivity contribution is -0.223. The van der Waals surface area contributed by atoms with Crippen molar-refractivity contribution in [1.82, 2.24) is 0 Å². The number of hydrogen-bond donors (Lipinski definition) is 2. The lowest BCUT2D eigenvalue weighted by Gasteiger charge is -2.44. The second-order valence-electron chi connectivity index (χ2n) is 6.02. The van der Waals surface area contributed by atoms with E-state index in [1.807, 2.05) is 0 Å². The van der Waals surface area contributed by atoms with Crippen molar-refractivity contribution >= 4 is 14.4 Å². The molecule has 1 amide bonds. The van der Waals surface area contributed by atoms with Crippen LogP contribution in [-0.2, 0) is 13.9 Å². The number of primary amides is 1. The van der Waals surface area contributed by atoms with Crippen LogP contribution in [-0.4, -0.2) is 44.1 Å². The van der Waals surface area contributed by atoms with Gasteiger partial charge < -0.3 is 24.7 Å². The van der Waals surface area contributed by atoms with E-state index in [1.165, 1.54) is 0 Å². The monoisotopic (exact) mass is 319 g/mol. The van der Waals surface area contributed by atoms with Gasteiger partial charge in [0.05, 0.1) is 12.2 Å². The van der Waals surface area contributed by atoms with Crippen LogP contribution in [0.5, 0.6) is 0 Å². The topological polar surface area (TPSA) is 91.0 Å². The maximum Gasteiger partial charge on any atom is 0.404 e. The molecule has 0 radical (unpaired) electrons. The molecule has 1 rings (SSSR count). The van der Waals surface area contributed by atoms with E-state index in [4.69, 9.17) is 19.6 Å². The van der Waals surface area contributed by atoms with Crippen molar-refractivity contribution < 1.29 is 23.8 Å². The predicted octanol–water partition coefficient (Wildman–Crippen LogP) is 2.36. The standard InChI is InChI=1S/C14H29NO5Si/c1-6-21(7-2,9(3)4)20-11-8-12(16)18-10(5)13(11)19-14(15)17/h9-13,16H,6-8H2,1-5H3,(H2,15,17)/t10-,11-,12?,13-/m1/s1. The van der Waals surface area contributed by atoms with Crippen molar-refractivity contribution in [2.75, 3.05) is 0 Å². The normalized spacial score (nSPS) is 30.4. The number of ether oxygens (including phenoxy) is 2. The molecule has 1 aliphatic rings. The van der Waals surface area contributed by atoms with Crippen molar-refractivity contribution in [3.63, 3.8) is 0 Å². The molecule has 0 aromatic carbocycles. The van der Waals surface area contributed by atoms with Crippen LogP contribution >= 0.6 is 0 Å². The van der Waals surface area contributed by atoms with Gasteiger partial charge in [-0.15, -0.1) is 0 Å². The second kappa shape index (κ2) is 7.58. The summed E-state index contributed by atoms with van der Waals surface area (Å²) < 4.78 is 17.0. The Bertz CT molecular complexity index is 348. The number of carbonyl (C=O) groups excluding carboxylic acids is 1. The molecule has 1 heterocycles. The first-order valence-electron chi connectivity index (χ1n) is 7.73. The van der Waals surface area contributed by atoms with Crippen molar-refractivity contribution in [2.45, 2.75) is 83.3 Å². The SMILES string of the molecule is CC[Si](CC)(O[C@@H]1CC(O)O[C@H](C)[C@H]1OC(N)=O)C(C)C. The van der Waals surface area contributed by atoms with Crippen molar-refractivity contribution in [1.29, 1.82) is 0 Å². The quantitative estimate of drug-likeness (QED) is 0.733. The Kier molecular flexibility index (Phi) is 6.64. The van der Waals surface area contributed by atoms with Gasteiger partial charge in [0, 0.05) is 6.42 Å². The Hall–Kier alpha value is -0.633. The third-order valence-corrected chi connectivity index (χ3v) is 9.79. The predicted molar refractivity (Wildman–Crippen MR) is 82.3 cm³/mol. The van der Waals surface area contributed by atoms with Crippen LogP contribution in [0.3, 0.4) is 0 Å². The first-order valence-corrected chi connectivity index (χ1v) is 10.1. The summed E-state index contributed by atoms with van der Waals surface area (Å²) in [4.78, 5) is 11.1. The van der Waals surface area contributed by atoms with Crippen LogP contribution in [0.2, 0.25) is 17.6 Å². The summed E-state index contributed by atoms with van der Waals surface area (Å²) in [6.07, 6.45) is -2.83. The molecule has 4 atom stereocenters. The van der Waals surface area contributed by atoms with Crippen LogP contribution < -0.4 is 5.73 Å². The highest BCUT2D eigenvalue weighted by Gasteiger charge is 2.45. The highest BCUT2D eigenvalue weighted by molar-refractivity contribution is 6.75. The molecule has 0 aliphatic carbocycles. The summed E-state index contributed by atoms with van der Waals surface area (Å²) >= 11 is 0. The van der Waals surface area contributed by atoms with E-state index in [-0.39, 0.29) is 6.10 Å². The zero-order valence-corrected chi connectivity index (χ0v) is 14.7. The first-order chi connectivity index (χ1) is 9.75. The van der Waals surface area contributed by atoms with Gasteiger partial charge in [-0.3, -0.25) is 0 Å². The highest BCUT2D eigenvalue weighted by atomic mass is 28.4. The van der Waals surface area contributed by atoms with Crippen LogP contribution in [0, 0.1) is 0 Å². The summed E-state index contributed by atoms with van der Waals surface area (Å²) in [5, 5.41) is 9.82. The Morgan fingerprint density at radius 3 is 2.43 bits per heavy atom. The van der Waals surface area contributed by atoms with Gasteiger partial charge in [0.25, 0.3) is 0 Å². The average Bonchev–Trinajstić information content (AvgIpc) is 2.39. The molecule has 0 spiro atoms. The molecule has 1 saturated heterocycles. The molecule has 1 unspecified atom stereocenters. The fourth-order valence-electron chi connectivity index (χ4n) is 3.11. The van der Waals surface area contributed by atoms with Crippen LogP contribution in [0.1, 0.15) is 41.0 Å². The third kappa shape index (κ3) is 4.42. The molecular formula is C14H29NO5Si. The highest BCUT2D eigenvalue weighted by Crippen LogP contribution is 2.35. The smallest absolute Gasteiger partial charge is 0.404 e. The molecular weight excluding hydrogens is 290 g/mol. The largest absolute Gasteiger partial charge is 0.441 e. The van der Waals surface area contributed by atoms with Gasteiger partial charge in [-0.25, -0.2) is 4.79 Å². The molecule has 3 N–H and O–H groups in total. The zero-order valence-electron chi connectivity index (χ0n) is 13.7. The maximum absolute atomic E-state index is 11.1. The number of aliphatic hydroxyl groups excluding tert-OH is 1. The number of nitrogens with two attached hydrogens (primary N) is 1. The van der Waals surface area contributed by atoms with Gasteiger partial charge in [-0.1, -0.05) is 27.7 Å². The minimum Gasteiger partial charge on any atom is -0.441 e. The molecule has 1 fully saturated rings. The molecule has 21 heavy (non-hydrogen) atoms. The molecule has 1 aliphatic heterocycles. The number of amides is 1. The summed E-state index contributed by atoms with van der Waals surface area (Å²) in [6, 6.07) is 1.96. The number of rotatable bonds is 6. The van der Waals surface area contributed by atoms with Crippen LogP contribution in [0.15, 0.2) is 0 Å². The van der Waals surface area contributed by atoms with Crippen LogP contribution in [0.25, 0.3) is 0 Å². The molecule has 0 bridgehead atoms. The minimum atomic E-state index is -1.96. The number of carbonyl (C=O) groups is 1. The Labute approximate surface area is 128 Å². The summed E-state index contributed by atoms with van der Waals surface area (Å²) in [5.41, 5.74) is 5.59. The first kappa shape index (κ1) is 18.4. The fraction of sp³-hybridized carbons (Fsp3) is 0.929. The number of aliphatic hydroxyl groups is 1. The lowest BCUT2D eigenvalue weighted by atomic mass is 10.0. The molecule has 0 saturated carbocycles. The van der Waals surface area contributed by atoms with E-state index < -0.39 is 32.9 Å². The minimum absolute atomic E-state index is 0.295. The summed E-state index contributed by atoms with van der Waals surface area (Å²) in [6.45, 7) is 10.4. The fourth-order valence-corrected chi connectivity index (χ4v) is 6.68. The van der Waals surface area contributed by atoms with Crippen LogP contribution in [0.4, 0.5) is 4.79 Å². The Morgan fingerprint density at radius 2 is 2.00 bits per heavy atom. The van der Waals surface area contributed by atoms with Gasteiger partial charge in [0.15, 0.2) is 20.7 Å². The van der Waals surface area contributed by atoms with Gasteiger partial charge in [-0.2, -0.15) is 0 Å². The Morgan fingerprint density at radius 1 is 1.43 bits per heavy atom. The van der Waals surface area contributed by atoms with Gasteiger partial charge in [-0.05, 0) is 24.6 Å². The summed E-state index contributed by atoms with van der Waals surface area (Å²) in [7, 11) is -1.96. The maximum atomic E-state index is 11.1. The summed E-state index contributed by atoms with van der Waals surface area (Å²) in [5.74, 6) is 0. The van der Waals surface area contributed by atoms with Gasteiger partial charge in [0.1, 0.15) is 0 Å². The van der Waals surface area contributed by atoms with E-state index in [0.29, 0.717) is 12.0 Å².